The van der Waals surface area contributed by atoms with Crippen molar-refractivity contribution in [2.75, 3.05) is 5.32 Å². The summed E-state index contributed by atoms with van der Waals surface area (Å²) in [5.74, 6) is -0.134. The number of benzene rings is 2. The summed E-state index contributed by atoms with van der Waals surface area (Å²) in [6.07, 6.45) is 0.955. The molecule has 0 fully saturated rings. The number of hydrogen-bond acceptors (Lipinski definition) is 3. The van der Waals surface area contributed by atoms with E-state index in [0.29, 0.717) is 5.65 Å². The lowest BCUT2D eigenvalue weighted by atomic mass is 10.1. The monoisotopic (exact) mass is 374 g/mol. The van der Waals surface area contributed by atoms with Crippen LogP contribution in [0.4, 0.5) is 5.69 Å². The van der Waals surface area contributed by atoms with Gasteiger partial charge in [0.25, 0.3) is 5.56 Å². The second kappa shape index (κ2) is 6.96. The number of aromatic nitrogens is 3. The van der Waals surface area contributed by atoms with E-state index in [1.54, 1.807) is 0 Å². The minimum atomic E-state index is -0.503. The number of amides is 1. The van der Waals surface area contributed by atoms with Gasteiger partial charge < -0.3 is 5.32 Å². The van der Waals surface area contributed by atoms with E-state index in [0.717, 1.165) is 28.7 Å². The Morgan fingerprint density at radius 2 is 1.86 bits per heavy atom. The highest BCUT2D eigenvalue weighted by atomic mass is 16.2. The molecule has 28 heavy (non-hydrogen) atoms. The Morgan fingerprint density at radius 3 is 2.57 bits per heavy atom. The molecule has 2 aromatic carbocycles. The van der Waals surface area contributed by atoms with Gasteiger partial charge in [-0.3, -0.25) is 14.3 Å². The SMILES string of the molecule is CCc1ccc(NC(=O)[C@@H](C)n2c3ccccc3c3nc(=O)cc(C)n32)cc1. The van der Waals surface area contributed by atoms with Crippen LogP contribution in [0.3, 0.4) is 0 Å². The quantitative estimate of drug-likeness (QED) is 0.592. The molecule has 0 aliphatic carbocycles. The molecule has 1 amide bonds. The molecule has 142 valence electrons. The summed E-state index contributed by atoms with van der Waals surface area (Å²) in [5, 5.41) is 3.83. The summed E-state index contributed by atoms with van der Waals surface area (Å²) in [4.78, 5) is 29.1. The Bertz CT molecular complexity index is 1240. The molecule has 1 N–H and O–H groups in total. The predicted octanol–water partition coefficient (Wildman–Crippen LogP) is 3.72. The van der Waals surface area contributed by atoms with Crippen molar-refractivity contribution in [1.82, 2.24) is 14.2 Å². The zero-order valence-corrected chi connectivity index (χ0v) is 16.1. The number of carbonyl (C=O) groups excluding carboxylic acids is 1. The van der Waals surface area contributed by atoms with Gasteiger partial charge in [-0.1, -0.05) is 31.2 Å². The van der Waals surface area contributed by atoms with Crippen LogP contribution in [0.15, 0.2) is 59.4 Å². The maximum Gasteiger partial charge on any atom is 0.273 e. The molecule has 2 heterocycles. The Labute approximate surface area is 162 Å². The van der Waals surface area contributed by atoms with E-state index in [2.05, 4.69) is 17.2 Å². The summed E-state index contributed by atoms with van der Waals surface area (Å²) in [5.41, 5.74) is 3.85. The van der Waals surface area contributed by atoms with Gasteiger partial charge in [0.1, 0.15) is 6.04 Å². The van der Waals surface area contributed by atoms with Crippen LogP contribution < -0.4 is 10.9 Å². The van der Waals surface area contributed by atoms with Crippen LogP contribution >= 0.6 is 0 Å². The fourth-order valence-electron chi connectivity index (χ4n) is 3.57. The van der Waals surface area contributed by atoms with Gasteiger partial charge in [0.05, 0.1) is 5.52 Å². The predicted molar refractivity (Wildman–Crippen MR) is 111 cm³/mol. The minimum absolute atomic E-state index is 0.134. The topological polar surface area (TPSA) is 68.4 Å². The summed E-state index contributed by atoms with van der Waals surface area (Å²) < 4.78 is 3.73. The Kier molecular flexibility index (Phi) is 4.47. The maximum absolute atomic E-state index is 13.0. The first-order chi connectivity index (χ1) is 13.5. The number of nitrogens with one attached hydrogen (secondary N) is 1. The zero-order chi connectivity index (χ0) is 19.8. The second-order valence-corrected chi connectivity index (χ2v) is 6.95. The van der Waals surface area contributed by atoms with Crippen molar-refractivity contribution in [2.24, 2.45) is 0 Å². The van der Waals surface area contributed by atoms with Crippen molar-refractivity contribution in [2.45, 2.75) is 33.2 Å². The van der Waals surface area contributed by atoms with Crippen molar-refractivity contribution < 1.29 is 4.79 Å². The van der Waals surface area contributed by atoms with E-state index in [1.165, 1.54) is 11.6 Å². The maximum atomic E-state index is 13.0. The first-order valence-corrected chi connectivity index (χ1v) is 9.39. The minimum Gasteiger partial charge on any atom is -0.324 e. The Balaban J connectivity index is 1.80. The summed E-state index contributed by atoms with van der Waals surface area (Å²) >= 11 is 0. The third-order valence-electron chi connectivity index (χ3n) is 5.07. The molecule has 6 nitrogen and oxygen atoms in total. The zero-order valence-electron chi connectivity index (χ0n) is 16.1. The molecule has 0 spiro atoms. The number of hydrogen-bond donors (Lipinski definition) is 1. The molecule has 0 saturated carbocycles. The number of anilines is 1. The smallest absolute Gasteiger partial charge is 0.273 e. The van der Waals surface area contributed by atoms with Crippen LogP contribution in [-0.4, -0.2) is 20.1 Å². The van der Waals surface area contributed by atoms with Gasteiger partial charge in [0.2, 0.25) is 5.91 Å². The number of carbonyl (C=O) groups is 1. The highest BCUT2D eigenvalue weighted by Crippen LogP contribution is 2.25. The largest absolute Gasteiger partial charge is 0.324 e. The number of nitrogens with zero attached hydrogens (tertiary/aromatic N) is 3. The van der Waals surface area contributed by atoms with Crippen molar-refractivity contribution >= 4 is 28.1 Å². The van der Waals surface area contributed by atoms with Gasteiger partial charge in [0.15, 0.2) is 5.65 Å². The van der Waals surface area contributed by atoms with Crippen LogP contribution in [0.1, 0.15) is 31.1 Å². The molecular weight excluding hydrogens is 352 g/mol. The Hall–Kier alpha value is -3.41. The fraction of sp³-hybridized carbons (Fsp3) is 0.227. The van der Waals surface area contributed by atoms with E-state index in [-0.39, 0.29) is 11.5 Å². The lowest BCUT2D eigenvalue weighted by molar-refractivity contribution is -0.119. The number of aryl methyl sites for hydroxylation is 2. The molecule has 0 saturated heterocycles. The first kappa shape index (κ1) is 18.0. The lowest BCUT2D eigenvalue weighted by Gasteiger charge is -2.18. The van der Waals surface area contributed by atoms with E-state index in [4.69, 9.17) is 0 Å². The fourth-order valence-corrected chi connectivity index (χ4v) is 3.57. The standard InChI is InChI=1S/C22H22N4O2/c1-4-16-9-11-17(12-10-16)23-22(28)15(3)26-19-8-6-5-7-18(19)21-24-20(27)13-14(2)25(21)26/h5-13,15H,4H2,1-3H3,(H,23,28)/t15-/m1/s1. The molecule has 4 aromatic rings. The lowest BCUT2D eigenvalue weighted by Crippen LogP contribution is -2.27. The van der Waals surface area contributed by atoms with Crippen LogP contribution in [0.2, 0.25) is 0 Å². The van der Waals surface area contributed by atoms with Crippen molar-refractivity contribution in [1.29, 1.82) is 0 Å². The Morgan fingerprint density at radius 1 is 1.14 bits per heavy atom. The van der Waals surface area contributed by atoms with E-state index < -0.39 is 6.04 Å². The van der Waals surface area contributed by atoms with Crippen LogP contribution in [0.5, 0.6) is 0 Å². The molecule has 4 rings (SSSR count). The van der Waals surface area contributed by atoms with E-state index in [9.17, 15) is 9.59 Å². The van der Waals surface area contributed by atoms with Crippen molar-refractivity contribution in [3.05, 3.63) is 76.2 Å². The summed E-state index contributed by atoms with van der Waals surface area (Å²) in [6.45, 7) is 5.79. The molecule has 0 unspecified atom stereocenters. The van der Waals surface area contributed by atoms with Crippen LogP contribution in [-0.2, 0) is 11.2 Å². The van der Waals surface area contributed by atoms with E-state index >= 15 is 0 Å². The summed E-state index contributed by atoms with van der Waals surface area (Å²) in [6, 6.07) is 16.5. The average Bonchev–Trinajstić information content (AvgIpc) is 3.02. The van der Waals surface area contributed by atoms with E-state index in [1.807, 2.05) is 71.6 Å². The van der Waals surface area contributed by atoms with Gasteiger partial charge in [0, 0.05) is 22.8 Å². The molecular formula is C22H22N4O2. The van der Waals surface area contributed by atoms with Gasteiger partial charge in [-0.15, -0.1) is 0 Å². The van der Waals surface area contributed by atoms with Crippen LogP contribution in [0.25, 0.3) is 16.6 Å². The second-order valence-electron chi connectivity index (χ2n) is 6.95. The summed E-state index contributed by atoms with van der Waals surface area (Å²) in [7, 11) is 0. The van der Waals surface area contributed by atoms with Crippen molar-refractivity contribution in [3.63, 3.8) is 0 Å². The molecule has 6 heteroatoms. The van der Waals surface area contributed by atoms with Crippen LogP contribution in [0, 0.1) is 6.92 Å². The highest BCUT2D eigenvalue weighted by Gasteiger charge is 2.22. The third kappa shape index (κ3) is 2.97. The molecule has 2 aromatic heterocycles. The number of fused-ring (bicyclic) bond motifs is 3. The molecule has 0 aliphatic rings. The van der Waals surface area contributed by atoms with Gasteiger partial charge in [-0.25, -0.2) is 4.52 Å². The van der Waals surface area contributed by atoms with Gasteiger partial charge >= 0.3 is 0 Å². The highest BCUT2D eigenvalue weighted by molar-refractivity contribution is 5.97. The molecule has 0 aliphatic heterocycles. The number of rotatable bonds is 4. The molecule has 0 radical (unpaired) electrons. The average molecular weight is 374 g/mol. The molecule has 0 bridgehead atoms. The normalized spacial score (nSPS) is 12.4. The molecule has 1 atom stereocenters. The third-order valence-corrected chi connectivity index (χ3v) is 5.07. The van der Waals surface area contributed by atoms with Gasteiger partial charge in [-0.2, -0.15) is 4.98 Å². The van der Waals surface area contributed by atoms with Crippen molar-refractivity contribution in [3.8, 4) is 0 Å². The van der Waals surface area contributed by atoms with Gasteiger partial charge in [-0.05, 0) is 50.1 Å². The number of para-hydroxylation sites is 1. The first-order valence-electron chi connectivity index (χ1n) is 9.39.